The third kappa shape index (κ3) is 0.336. The first-order valence-electron chi connectivity index (χ1n) is 3.23. The standard InChI is InChI=1S/C8H5NO/c1-2-5-4-7-9-8(10-7)6(5)3-1/h1-4,9H. The maximum absolute atomic E-state index is 5.23. The lowest BCUT2D eigenvalue weighted by Crippen LogP contribution is -1.88. The van der Waals surface area contributed by atoms with E-state index in [0.29, 0.717) is 0 Å². The second-order valence-electron chi connectivity index (χ2n) is 2.46. The Morgan fingerprint density at radius 3 is 3.00 bits per heavy atom. The molecule has 3 aliphatic rings. The minimum Gasteiger partial charge on any atom is -0.424 e. The number of H-pyrrole nitrogens is 1. The van der Waals surface area contributed by atoms with E-state index in [4.69, 9.17) is 4.42 Å². The van der Waals surface area contributed by atoms with E-state index in [0.717, 1.165) is 11.4 Å². The number of hydrogen-bond donors (Lipinski definition) is 1. The highest BCUT2D eigenvalue weighted by molar-refractivity contribution is 5.84. The summed E-state index contributed by atoms with van der Waals surface area (Å²) >= 11 is 0. The highest BCUT2D eigenvalue weighted by atomic mass is 16.4. The maximum Gasteiger partial charge on any atom is 0.210 e. The van der Waals surface area contributed by atoms with Crippen molar-refractivity contribution in [3.8, 4) is 11.1 Å². The first kappa shape index (κ1) is 4.39. The lowest BCUT2D eigenvalue weighted by Gasteiger charge is -2.07. The van der Waals surface area contributed by atoms with Gasteiger partial charge >= 0.3 is 0 Å². The van der Waals surface area contributed by atoms with Gasteiger partial charge in [0.05, 0.1) is 0 Å². The van der Waals surface area contributed by atoms with Crippen molar-refractivity contribution in [1.29, 1.82) is 0 Å². The highest BCUT2D eigenvalue weighted by Gasteiger charge is 2.11. The molecule has 0 spiro atoms. The Balaban J connectivity index is 2.64. The summed E-state index contributed by atoms with van der Waals surface area (Å²) in [5.41, 5.74) is 4.20. The van der Waals surface area contributed by atoms with Gasteiger partial charge in [-0.3, -0.25) is 4.98 Å². The minimum absolute atomic E-state index is 0.869. The van der Waals surface area contributed by atoms with Gasteiger partial charge in [-0.1, -0.05) is 12.1 Å². The van der Waals surface area contributed by atoms with Crippen molar-refractivity contribution < 1.29 is 4.42 Å². The number of rotatable bonds is 0. The van der Waals surface area contributed by atoms with E-state index in [2.05, 4.69) is 11.1 Å². The zero-order valence-electron chi connectivity index (χ0n) is 5.22. The first-order valence-corrected chi connectivity index (χ1v) is 3.23. The molecule has 0 saturated heterocycles. The minimum atomic E-state index is 0.869. The molecule has 2 heteroatoms. The molecular formula is C8H5NO. The van der Waals surface area contributed by atoms with Crippen LogP contribution in [0.1, 0.15) is 0 Å². The van der Waals surface area contributed by atoms with Gasteiger partial charge in [0, 0.05) is 11.6 Å². The SMILES string of the molecule is c1cc2cc3[nH]c(o3)c-2c1. The Hall–Kier alpha value is -1.44. The smallest absolute Gasteiger partial charge is 0.210 e. The largest absolute Gasteiger partial charge is 0.424 e. The van der Waals surface area contributed by atoms with Crippen molar-refractivity contribution in [3.05, 3.63) is 24.3 Å². The monoisotopic (exact) mass is 131 g/mol. The fourth-order valence-corrected chi connectivity index (χ4v) is 1.32. The predicted molar refractivity (Wildman–Crippen MR) is 38.4 cm³/mol. The Morgan fingerprint density at radius 1 is 1.30 bits per heavy atom. The van der Waals surface area contributed by atoms with Gasteiger partial charge in [-0.15, -0.1) is 0 Å². The van der Waals surface area contributed by atoms with Crippen LogP contribution in [-0.4, -0.2) is 4.98 Å². The summed E-state index contributed by atoms with van der Waals surface area (Å²) < 4.78 is 5.23. The van der Waals surface area contributed by atoms with Gasteiger partial charge in [-0.2, -0.15) is 0 Å². The molecule has 0 aromatic carbocycles. The maximum atomic E-state index is 5.23. The molecule has 0 fully saturated rings. The molecule has 1 aromatic rings. The highest BCUT2D eigenvalue weighted by Crippen LogP contribution is 2.31. The number of pyridine rings is 1. The molecule has 10 heavy (non-hydrogen) atoms. The summed E-state index contributed by atoms with van der Waals surface area (Å²) in [6.45, 7) is 0. The molecule has 1 aromatic heterocycles. The van der Waals surface area contributed by atoms with Gasteiger partial charge in [0.1, 0.15) is 0 Å². The van der Waals surface area contributed by atoms with Crippen molar-refractivity contribution in [3.63, 3.8) is 0 Å². The number of aromatic nitrogens is 1. The van der Waals surface area contributed by atoms with Crippen LogP contribution < -0.4 is 0 Å². The van der Waals surface area contributed by atoms with Crippen LogP contribution in [0.3, 0.4) is 0 Å². The normalized spacial score (nSPS) is 12.0. The molecule has 1 N–H and O–H groups in total. The van der Waals surface area contributed by atoms with Crippen molar-refractivity contribution in [2.45, 2.75) is 0 Å². The fourth-order valence-electron chi connectivity index (χ4n) is 1.32. The van der Waals surface area contributed by atoms with E-state index in [1.165, 1.54) is 11.1 Å². The van der Waals surface area contributed by atoms with E-state index < -0.39 is 0 Å². The summed E-state index contributed by atoms with van der Waals surface area (Å²) in [6.07, 6.45) is 0. The van der Waals surface area contributed by atoms with Crippen molar-refractivity contribution in [2.24, 2.45) is 0 Å². The average Bonchev–Trinajstić information content (AvgIpc) is 2.29. The van der Waals surface area contributed by atoms with Crippen molar-refractivity contribution >= 4 is 11.4 Å². The zero-order chi connectivity index (χ0) is 6.55. The summed E-state index contributed by atoms with van der Waals surface area (Å²) in [7, 11) is 0. The second kappa shape index (κ2) is 1.19. The lowest BCUT2D eigenvalue weighted by molar-refractivity contribution is 0.581. The van der Waals surface area contributed by atoms with Crippen LogP contribution in [0.15, 0.2) is 28.7 Å². The quantitative estimate of drug-likeness (QED) is 0.498. The molecule has 1 aliphatic carbocycles. The van der Waals surface area contributed by atoms with Gasteiger partial charge in [0.15, 0.2) is 0 Å². The average molecular weight is 131 g/mol. The molecule has 3 heterocycles. The van der Waals surface area contributed by atoms with Gasteiger partial charge in [0.2, 0.25) is 11.4 Å². The van der Waals surface area contributed by atoms with E-state index in [1.807, 2.05) is 18.2 Å². The molecule has 48 valence electrons. The van der Waals surface area contributed by atoms with Crippen LogP contribution in [-0.2, 0) is 0 Å². The zero-order valence-corrected chi connectivity index (χ0v) is 5.22. The first-order chi connectivity index (χ1) is 4.93. The molecule has 2 aliphatic heterocycles. The molecule has 0 unspecified atom stereocenters. The van der Waals surface area contributed by atoms with E-state index >= 15 is 0 Å². The number of aromatic amines is 1. The van der Waals surface area contributed by atoms with Crippen molar-refractivity contribution in [2.75, 3.05) is 0 Å². The Morgan fingerprint density at radius 2 is 2.20 bits per heavy atom. The van der Waals surface area contributed by atoms with Gasteiger partial charge in [-0.25, -0.2) is 0 Å². The third-order valence-electron chi connectivity index (χ3n) is 1.83. The van der Waals surface area contributed by atoms with E-state index in [9.17, 15) is 0 Å². The van der Waals surface area contributed by atoms with Gasteiger partial charge < -0.3 is 4.42 Å². The molecule has 0 atom stereocenters. The van der Waals surface area contributed by atoms with Crippen LogP contribution in [0, 0.1) is 0 Å². The number of nitrogens with one attached hydrogen (secondary N) is 1. The molecular weight excluding hydrogens is 126 g/mol. The van der Waals surface area contributed by atoms with E-state index in [1.54, 1.807) is 0 Å². The van der Waals surface area contributed by atoms with Crippen LogP contribution in [0.4, 0.5) is 0 Å². The van der Waals surface area contributed by atoms with Gasteiger partial charge in [-0.05, 0) is 11.6 Å². The van der Waals surface area contributed by atoms with E-state index in [-0.39, 0.29) is 0 Å². The van der Waals surface area contributed by atoms with Crippen LogP contribution in [0.5, 0.6) is 0 Å². The molecule has 2 bridgehead atoms. The Kier molecular flexibility index (Phi) is 0.520. The molecule has 4 rings (SSSR count). The molecule has 0 amide bonds. The Labute approximate surface area is 57.1 Å². The predicted octanol–water partition coefficient (Wildman–Crippen LogP) is 2.30. The van der Waals surface area contributed by atoms with Crippen LogP contribution in [0.2, 0.25) is 0 Å². The second-order valence-corrected chi connectivity index (χ2v) is 2.46. The Bertz CT molecular complexity index is 408. The molecule has 2 nitrogen and oxygen atoms in total. The molecule has 0 radical (unpaired) electrons. The number of hydrogen-bond acceptors (Lipinski definition) is 1. The van der Waals surface area contributed by atoms with Crippen LogP contribution in [0.25, 0.3) is 22.6 Å². The topological polar surface area (TPSA) is 28.9 Å². The van der Waals surface area contributed by atoms with Gasteiger partial charge in [0.25, 0.3) is 0 Å². The summed E-state index contributed by atoms with van der Waals surface area (Å²) in [4.78, 5) is 3.08. The summed E-state index contributed by atoms with van der Waals surface area (Å²) in [5, 5.41) is 0. The fraction of sp³-hybridized carbons (Fsp3) is 0. The summed E-state index contributed by atoms with van der Waals surface area (Å²) in [5.74, 6) is 0. The lowest BCUT2D eigenvalue weighted by atomic mass is 10.2. The molecule has 0 saturated carbocycles. The van der Waals surface area contributed by atoms with Crippen LogP contribution >= 0.6 is 0 Å². The third-order valence-corrected chi connectivity index (χ3v) is 1.83. The summed E-state index contributed by atoms with van der Waals surface area (Å²) in [6, 6.07) is 8.16. The van der Waals surface area contributed by atoms with Crippen molar-refractivity contribution in [1.82, 2.24) is 4.98 Å².